The van der Waals surface area contributed by atoms with Gasteiger partial charge >= 0.3 is 0 Å². The van der Waals surface area contributed by atoms with Crippen LogP contribution in [0, 0.1) is 5.82 Å². The van der Waals surface area contributed by atoms with Gasteiger partial charge < -0.3 is 10.0 Å². The van der Waals surface area contributed by atoms with Gasteiger partial charge in [0.1, 0.15) is 0 Å². The van der Waals surface area contributed by atoms with Crippen molar-refractivity contribution >= 4 is 40.6 Å². The number of halogens is 1. The zero-order valence-electron chi connectivity index (χ0n) is 19.3. The molecule has 2 aromatic carbocycles. The molecule has 4 aromatic rings. The first-order valence-corrected chi connectivity index (χ1v) is 13.0. The number of thiazole rings is 1. The largest absolute Gasteiger partial charge is 0.327 e. The Kier molecular flexibility index (Phi) is 6.27. The lowest BCUT2D eigenvalue weighted by atomic mass is 9.98. The second-order valence-corrected chi connectivity index (χ2v) is 11.4. The highest BCUT2D eigenvalue weighted by molar-refractivity contribution is 8.01. The Morgan fingerprint density at radius 3 is 2.53 bits per heavy atom. The summed E-state index contributed by atoms with van der Waals surface area (Å²) in [6.45, 7) is 6.34. The molecule has 0 unspecified atom stereocenters. The molecule has 1 saturated carbocycles. The van der Waals surface area contributed by atoms with Crippen molar-refractivity contribution in [3.05, 3.63) is 71.6 Å². The molecule has 0 amide bonds. The molecule has 2 heterocycles. The van der Waals surface area contributed by atoms with Crippen molar-refractivity contribution in [3.8, 4) is 21.8 Å². The monoisotopic (exact) mass is 491 g/mol. The zero-order chi connectivity index (χ0) is 23.7. The van der Waals surface area contributed by atoms with Crippen molar-refractivity contribution in [2.75, 3.05) is 10.0 Å². The lowest BCUT2D eigenvalue weighted by Crippen LogP contribution is -2.10. The fraction of sp³-hybridized carbons (Fsp3) is 0.269. The Morgan fingerprint density at radius 2 is 1.79 bits per heavy atom. The molecule has 174 valence electrons. The van der Waals surface area contributed by atoms with Gasteiger partial charge in [-0.2, -0.15) is 0 Å². The van der Waals surface area contributed by atoms with Crippen LogP contribution in [0.5, 0.6) is 0 Å². The first-order chi connectivity index (χ1) is 16.4. The summed E-state index contributed by atoms with van der Waals surface area (Å²) in [6.07, 6.45) is 4.07. The number of nitrogens with zero attached hydrogens (tertiary/aromatic N) is 3. The van der Waals surface area contributed by atoms with E-state index < -0.39 is 0 Å². The van der Waals surface area contributed by atoms with Crippen LogP contribution in [0.3, 0.4) is 0 Å². The average Bonchev–Trinajstić information content (AvgIpc) is 3.54. The van der Waals surface area contributed by atoms with Gasteiger partial charge in [0.15, 0.2) is 5.82 Å². The number of hydrogen-bond donors (Lipinski definition) is 2. The summed E-state index contributed by atoms with van der Waals surface area (Å²) >= 11 is 3.14. The molecule has 5 nitrogen and oxygen atoms in total. The van der Waals surface area contributed by atoms with E-state index in [0.29, 0.717) is 33.8 Å². The van der Waals surface area contributed by atoms with Crippen molar-refractivity contribution in [2.45, 2.75) is 44.3 Å². The number of hydrogen-bond acceptors (Lipinski definition) is 7. The van der Waals surface area contributed by atoms with E-state index in [-0.39, 0.29) is 11.2 Å². The molecule has 34 heavy (non-hydrogen) atoms. The second kappa shape index (κ2) is 9.35. The third-order valence-corrected chi connectivity index (χ3v) is 7.95. The number of nitrogens with one attached hydrogen (secondary N) is 2. The van der Waals surface area contributed by atoms with Crippen LogP contribution < -0.4 is 10.0 Å². The Balaban J connectivity index is 1.56. The predicted octanol–water partition coefficient (Wildman–Crippen LogP) is 7.67. The second-order valence-electron chi connectivity index (χ2n) is 9.29. The minimum atomic E-state index is -0.292. The Bertz CT molecular complexity index is 1300. The molecular weight excluding hydrogens is 465 g/mol. The van der Waals surface area contributed by atoms with Crippen molar-refractivity contribution in [1.82, 2.24) is 15.0 Å². The number of para-hydroxylation sites is 1. The maximum Gasteiger partial charge on any atom is 0.227 e. The molecule has 1 aliphatic carbocycles. The van der Waals surface area contributed by atoms with Crippen LogP contribution in [-0.4, -0.2) is 20.2 Å². The molecule has 1 aliphatic rings. The van der Waals surface area contributed by atoms with E-state index in [1.54, 1.807) is 41.6 Å². The van der Waals surface area contributed by atoms with E-state index in [0.717, 1.165) is 15.6 Å². The van der Waals surface area contributed by atoms with Gasteiger partial charge in [0, 0.05) is 28.1 Å². The Labute approximate surface area is 207 Å². The fourth-order valence-corrected chi connectivity index (χ4v) is 5.25. The Hall–Kier alpha value is -2.97. The standard InChI is InChI=1S/C26H26FN5S2/c1-26(2,3)24-31-22(18-10-7-11-19(21(18)27)32-34-17-12-13-17)23(33-24)20-14-15-28-25(30-20)29-16-8-5-4-6-9-16/h4-11,14-15,17,32H,12-13H2,1-3H3,(H,28,29,30). The van der Waals surface area contributed by atoms with Crippen molar-refractivity contribution < 1.29 is 4.39 Å². The van der Waals surface area contributed by atoms with Crippen molar-refractivity contribution in [2.24, 2.45) is 0 Å². The lowest BCUT2D eigenvalue weighted by Gasteiger charge is -2.13. The lowest BCUT2D eigenvalue weighted by molar-refractivity contribution is 0.585. The van der Waals surface area contributed by atoms with Gasteiger partial charge in [0.05, 0.1) is 27.0 Å². The zero-order valence-corrected chi connectivity index (χ0v) is 20.9. The fourth-order valence-electron chi connectivity index (χ4n) is 3.32. The highest BCUT2D eigenvalue weighted by Gasteiger charge is 2.27. The minimum Gasteiger partial charge on any atom is -0.327 e. The van der Waals surface area contributed by atoms with E-state index in [1.807, 2.05) is 42.5 Å². The normalized spacial score (nSPS) is 13.6. The quantitative estimate of drug-likeness (QED) is 0.259. The molecule has 5 rings (SSSR count). The predicted molar refractivity (Wildman–Crippen MR) is 141 cm³/mol. The third kappa shape index (κ3) is 5.08. The molecule has 1 fully saturated rings. The van der Waals surface area contributed by atoms with Crippen LogP contribution in [0.1, 0.15) is 38.6 Å². The van der Waals surface area contributed by atoms with E-state index in [2.05, 4.69) is 35.8 Å². The van der Waals surface area contributed by atoms with Gasteiger partial charge in [-0.25, -0.2) is 19.3 Å². The maximum atomic E-state index is 15.6. The summed E-state index contributed by atoms with van der Waals surface area (Å²) in [6, 6.07) is 17.1. The van der Waals surface area contributed by atoms with Gasteiger partial charge in [0.2, 0.25) is 5.95 Å². The molecule has 0 spiro atoms. The number of aromatic nitrogens is 3. The van der Waals surface area contributed by atoms with Crippen molar-refractivity contribution in [1.29, 1.82) is 0 Å². The average molecular weight is 492 g/mol. The summed E-state index contributed by atoms with van der Waals surface area (Å²) in [5, 5.41) is 4.74. The van der Waals surface area contributed by atoms with Crippen LogP contribution in [-0.2, 0) is 5.41 Å². The molecule has 8 heteroatoms. The number of anilines is 3. The summed E-state index contributed by atoms with van der Waals surface area (Å²) in [5.74, 6) is 0.191. The smallest absolute Gasteiger partial charge is 0.227 e. The van der Waals surface area contributed by atoms with Gasteiger partial charge in [-0.3, -0.25) is 0 Å². The summed E-state index contributed by atoms with van der Waals surface area (Å²) in [4.78, 5) is 14.9. The van der Waals surface area contributed by atoms with Gasteiger partial charge in [0.25, 0.3) is 0 Å². The molecule has 2 aromatic heterocycles. The van der Waals surface area contributed by atoms with E-state index in [4.69, 9.17) is 9.97 Å². The number of benzene rings is 2. The van der Waals surface area contributed by atoms with Gasteiger partial charge in [-0.15, -0.1) is 11.3 Å². The first kappa shape index (κ1) is 22.8. The van der Waals surface area contributed by atoms with Crippen molar-refractivity contribution in [3.63, 3.8) is 0 Å². The van der Waals surface area contributed by atoms with Crippen LogP contribution in [0.25, 0.3) is 21.8 Å². The molecule has 2 N–H and O–H groups in total. The first-order valence-electron chi connectivity index (χ1n) is 11.3. The van der Waals surface area contributed by atoms with E-state index in [9.17, 15) is 0 Å². The van der Waals surface area contributed by atoms with Crippen LogP contribution in [0.4, 0.5) is 21.7 Å². The highest BCUT2D eigenvalue weighted by Crippen LogP contribution is 2.42. The van der Waals surface area contributed by atoms with Crippen LogP contribution in [0.2, 0.25) is 0 Å². The SMILES string of the molecule is CC(C)(C)c1nc(-c2cccc(NSC3CC3)c2F)c(-c2ccnc(Nc3ccccc3)n2)s1. The third-order valence-electron chi connectivity index (χ3n) is 5.30. The summed E-state index contributed by atoms with van der Waals surface area (Å²) in [5.41, 5.74) is 3.00. The topological polar surface area (TPSA) is 62.7 Å². The summed E-state index contributed by atoms with van der Waals surface area (Å²) in [7, 11) is 0. The molecule has 0 atom stereocenters. The molecule has 0 radical (unpaired) electrons. The van der Waals surface area contributed by atoms with E-state index in [1.165, 1.54) is 12.8 Å². The van der Waals surface area contributed by atoms with Crippen LogP contribution >= 0.6 is 23.3 Å². The molecule has 0 saturated heterocycles. The maximum absolute atomic E-state index is 15.6. The molecular formula is C26H26FN5S2. The summed E-state index contributed by atoms with van der Waals surface area (Å²) < 4.78 is 18.8. The van der Waals surface area contributed by atoms with Gasteiger partial charge in [-0.05, 0) is 55.1 Å². The molecule has 0 aliphatic heterocycles. The van der Waals surface area contributed by atoms with Gasteiger partial charge in [-0.1, -0.05) is 45.0 Å². The minimum absolute atomic E-state index is 0.177. The number of rotatable bonds is 7. The highest BCUT2D eigenvalue weighted by atomic mass is 32.2. The van der Waals surface area contributed by atoms with E-state index >= 15 is 4.39 Å². The molecule has 0 bridgehead atoms. The van der Waals surface area contributed by atoms with Crippen LogP contribution in [0.15, 0.2) is 60.8 Å². The Morgan fingerprint density at radius 1 is 1.00 bits per heavy atom.